The summed E-state index contributed by atoms with van der Waals surface area (Å²) in [5, 5.41) is 0. The number of likely N-dealkylation sites (tertiary alicyclic amines) is 1. The molecule has 1 aliphatic heterocycles. The monoisotopic (exact) mass is 287 g/mol. The Kier molecular flexibility index (Phi) is 3.52. The molecule has 0 spiro atoms. The van der Waals surface area contributed by atoms with Crippen LogP contribution in [0.5, 0.6) is 0 Å². The molecule has 0 aromatic rings. The summed E-state index contributed by atoms with van der Waals surface area (Å²) in [6.07, 6.45) is 8.43. The van der Waals surface area contributed by atoms with E-state index in [0.29, 0.717) is 13.0 Å². The molecule has 2 fully saturated rings. The molecular formula is C16H17NO4. The first kappa shape index (κ1) is 13.8. The second-order valence-corrected chi connectivity index (χ2v) is 5.65. The maximum atomic E-state index is 12.4. The van der Waals surface area contributed by atoms with Gasteiger partial charge in [-0.1, -0.05) is 12.2 Å². The van der Waals surface area contributed by atoms with Gasteiger partial charge in [0.2, 0.25) is 11.8 Å². The average molecular weight is 287 g/mol. The van der Waals surface area contributed by atoms with Crippen molar-refractivity contribution in [1.29, 1.82) is 0 Å². The van der Waals surface area contributed by atoms with Crippen LogP contribution in [0, 0.1) is 23.7 Å². The number of ether oxygens (including phenoxy) is 1. The number of nitrogens with zero attached hydrogens (tertiary/aromatic N) is 1. The van der Waals surface area contributed by atoms with Crippen molar-refractivity contribution in [3.05, 3.63) is 30.0 Å². The van der Waals surface area contributed by atoms with Crippen molar-refractivity contribution in [2.45, 2.75) is 12.8 Å². The summed E-state index contributed by atoms with van der Waals surface area (Å²) in [6, 6.07) is 0. The standard InChI is InChI=1S/C16H17NO4/c1-21-12(18)5-3-2-4-8-17-15(19)13-10-6-7-11(9-10)14(13)16(17)20/h2,5-7,10-11,13-14H,4,8-9H2,1H3. The fourth-order valence-electron chi connectivity index (χ4n) is 3.65. The third-order valence-corrected chi connectivity index (χ3v) is 4.58. The topological polar surface area (TPSA) is 63.7 Å². The molecule has 1 saturated carbocycles. The van der Waals surface area contributed by atoms with Crippen LogP contribution in [0.25, 0.3) is 0 Å². The molecule has 2 amide bonds. The number of esters is 1. The molecule has 21 heavy (non-hydrogen) atoms. The molecule has 1 heterocycles. The smallest absolute Gasteiger partial charge is 0.338 e. The highest BCUT2D eigenvalue weighted by atomic mass is 16.5. The van der Waals surface area contributed by atoms with Crippen LogP contribution < -0.4 is 0 Å². The quantitative estimate of drug-likeness (QED) is 0.255. The molecule has 2 bridgehead atoms. The van der Waals surface area contributed by atoms with Gasteiger partial charge in [-0.15, -0.1) is 5.73 Å². The van der Waals surface area contributed by atoms with E-state index in [0.717, 1.165) is 6.42 Å². The predicted octanol–water partition coefficient (Wildman–Crippen LogP) is 1.07. The minimum atomic E-state index is -0.475. The fourth-order valence-corrected chi connectivity index (χ4v) is 3.65. The van der Waals surface area contributed by atoms with Gasteiger partial charge in [0, 0.05) is 6.54 Å². The zero-order valence-electron chi connectivity index (χ0n) is 11.8. The van der Waals surface area contributed by atoms with Gasteiger partial charge in [-0.25, -0.2) is 4.79 Å². The van der Waals surface area contributed by atoms with Gasteiger partial charge >= 0.3 is 5.97 Å². The normalized spacial score (nSPS) is 32.1. The molecular weight excluding hydrogens is 270 g/mol. The van der Waals surface area contributed by atoms with Crippen LogP contribution in [0.3, 0.4) is 0 Å². The first-order chi connectivity index (χ1) is 10.1. The summed E-state index contributed by atoms with van der Waals surface area (Å²) in [6.45, 7) is 0.353. The number of fused-ring (bicyclic) bond motifs is 5. The highest BCUT2D eigenvalue weighted by molar-refractivity contribution is 6.06. The Morgan fingerprint density at radius 2 is 1.95 bits per heavy atom. The molecule has 4 unspecified atom stereocenters. The Balaban J connectivity index is 1.61. The second-order valence-electron chi connectivity index (χ2n) is 5.65. The lowest BCUT2D eigenvalue weighted by molar-refractivity contribution is -0.140. The maximum Gasteiger partial charge on any atom is 0.338 e. The minimum Gasteiger partial charge on any atom is -0.465 e. The average Bonchev–Trinajstić information content (AvgIpc) is 3.15. The molecule has 0 aromatic carbocycles. The van der Waals surface area contributed by atoms with Crippen molar-refractivity contribution in [2.24, 2.45) is 23.7 Å². The fraction of sp³-hybridized carbons (Fsp3) is 0.500. The lowest BCUT2D eigenvalue weighted by Crippen LogP contribution is -2.33. The molecule has 5 nitrogen and oxygen atoms in total. The van der Waals surface area contributed by atoms with Gasteiger partial charge in [0.15, 0.2) is 0 Å². The van der Waals surface area contributed by atoms with E-state index in [2.05, 4.69) is 22.6 Å². The van der Waals surface area contributed by atoms with Gasteiger partial charge < -0.3 is 4.74 Å². The summed E-state index contributed by atoms with van der Waals surface area (Å²) < 4.78 is 4.44. The molecule has 3 rings (SSSR count). The Bertz CT molecular complexity index is 555. The maximum absolute atomic E-state index is 12.4. The Labute approximate surface area is 122 Å². The third-order valence-electron chi connectivity index (χ3n) is 4.58. The van der Waals surface area contributed by atoms with E-state index in [1.165, 1.54) is 18.1 Å². The van der Waals surface area contributed by atoms with Gasteiger partial charge in [-0.05, 0) is 30.8 Å². The van der Waals surface area contributed by atoms with Crippen molar-refractivity contribution in [1.82, 2.24) is 4.90 Å². The lowest BCUT2D eigenvalue weighted by atomic mass is 9.85. The van der Waals surface area contributed by atoms with Crippen LogP contribution in [0.1, 0.15) is 12.8 Å². The van der Waals surface area contributed by atoms with E-state index in [1.54, 1.807) is 6.08 Å². The van der Waals surface area contributed by atoms with Gasteiger partial charge in [0.05, 0.1) is 25.0 Å². The predicted molar refractivity (Wildman–Crippen MR) is 73.7 cm³/mol. The lowest BCUT2D eigenvalue weighted by Gasteiger charge is -2.15. The molecule has 0 aromatic heterocycles. The summed E-state index contributed by atoms with van der Waals surface area (Å²) in [5.74, 6) is -0.326. The zero-order valence-corrected chi connectivity index (χ0v) is 11.8. The number of hydrogen-bond acceptors (Lipinski definition) is 4. The number of rotatable bonds is 4. The summed E-state index contributed by atoms with van der Waals surface area (Å²) >= 11 is 0. The van der Waals surface area contributed by atoms with E-state index in [-0.39, 0.29) is 35.5 Å². The van der Waals surface area contributed by atoms with Gasteiger partial charge in [-0.3, -0.25) is 14.5 Å². The molecule has 0 radical (unpaired) electrons. The Morgan fingerprint density at radius 3 is 2.52 bits per heavy atom. The molecule has 4 atom stereocenters. The summed E-state index contributed by atoms with van der Waals surface area (Å²) in [5.41, 5.74) is 2.68. The molecule has 3 aliphatic rings. The van der Waals surface area contributed by atoms with E-state index in [1.807, 2.05) is 0 Å². The van der Waals surface area contributed by atoms with E-state index in [4.69, 9.17) is 0 Å². The number of carbonyl (C=O) groups excluding carboxylic acids is 3. The Morgan fingerprint density at radius 1 is 1.33 bits per heavy atom. The zero-order chi connectivity index (χ0) is 15.0. The number of allylic oxidation sites excluding steroid dienone is 2. The second kappa shape index (κ2) is 5.34. The van der Waals surface area contributed by atoms with Gasteiger partial charge in [-0.2, -0.15) is 0 Å². The summed E-state index contributed by atoms with van der Waals surface area (Å²) in [4.78, 5) is 37.0. The Hall–Kier alpha value is -2.13. The number of hydrogen-bond donors (Lipinski definition) is 0. The molecule has 0 N–H and O–H groups in total. The first-order valence-corrected chi connectivity index (χ1v) is 7.16. The summed E-state index contributed by atoms with van der Waals surface area (Å²) in [7, 11) is 1.29. The number of amides is 2. The van der Waals surface area contributed by atoms with Crippen molar-refractivity contribution >= 4 is 17.8 Å². The van der Waals surface area contributed by atoms with E-state index in [9.17, 15) is 14.4 Å². The van der Waals surface area contributed by atoms with Gasteiger partial charge in [0.1, 0.15) is 0 Å². The van der Waals surface area contributed by atoms with E-state index >= 15 is 0 Å². The molecule has 5 heteroatoms. The SMILES string of the molecule is COC(=O)C=C=CCCN1C(=O)C2C3C=CC(C3)C2C1=O. The van der Waals surface area contributed by atoms with Crippen LogP contribution in [-0.2, 0) is 19.1 Å². The van der Waals surface area contributed by atoms with Crippen LogP contribution in [0.2, 0.25) is 0 Å². The first-order valence-electron chi connectivity index (χ1n) is 7.16. The molecule has 110 valence electrons. The number of carbonyl (C=O) groups is 3. The van der Waals surface area contributed by atoms with Crippen molar-refractivity contribution < 1.29 is 19.1 Å². The number of imide groups is 1. The highest BCUT2D eigenvalue weighted by Crippen LogP contribution is 2.52. The molecule has 2 aliphatic carbocycles. The van der Waals surface area contributed by atoms with Gasteiger partial charge in [0.25, 0.3) is 0 Å². The highest BCUT2D eigenvalue weighted by Gasteiger charge is 2.58. The van der Waals surface area contributed by atoms with E-state index < -0.39 is 5.97 Å². The van der Waals surface area contributed by atoms with Crippen LogP contribution in [0.15, 0.2) is 30.0 Å². The third kappa shape index (κ3) is 2.24. The van der Waals surface area contributed by atoms with Crippen LogP contribution >= 0.6 is 0 Å². The van der Waals surface area contributed by atoms with Crippen molar-refractivity contribution in [2.75, 3.05) is 13.7 Å². The van der Waals surface area contributed by atoms with Crippen LogP contribution in [0.4, 0.5) is 0 Å². The number of methoxy groups -OCH3 is 1. The largest absolute Gasteiger partial charge is 0.465 e. The molecule has 1 saturated heterocycles. The van der Waals surface area contributed by atoms with Crippen molar-refractivity contribution in [3.63, 3.8) is 0 Å². The minimum absolute atomic E-state index is 0.0350. The van der Waals surface area contributed by atoms with Crippen LogP contribution in [-0.4, -0.2) is 36.3 Å². The van der Waals surface area contributed by atoms with Crippen molar-refractivity contribution in [3.8, 4) is 0 Å².